The van der Waals surface area contributed by atoms with Crippen LogP contribution in [0.15, 0.2) is 6.33 Å². The molecular formula is C16H32N4. The average molecular weight is 280 g/mol. The fourth-order valence-corrected chi connectivity index (χ4v) is 3.00. The van der Waals surface area contributed by atoms with Crippen molar-refractivity contribution in [3.05, 3.63) is 12.2 Å². The number of hydrogen-bond donors (Lipinski definition) is 1. The van der Waals surface area contributed by atoms with Crippen LogP contribution in [-0.2, 0) is 6.42 Å². The van der Waals surface area contributed by atoms with E-state index in [-0.39, 0.29) is 0 Å². The molecule has 0 aliphatic carbocycles. The van der Waals surface area contributed by atoms with E-state index in [1.54, 1.807) is 6.33 Å². The van der Waals surface area contributed by atoms with Gasteiger partial charge in [-0.25, -0.2) is 9.67 Å². The Hall–Kier alpha value is -0.900. The molecule has 1 heterocycles. The topological polar surface area (TPSA) is 42.7 Å². The molecule has 0 aliphatic rings. The van der Waals surface area contributed by atoms with Crippen LogP contribution in [0.3, 0.4) is 0 Å². The molecule has 0 spiro atoms. The third-order valence-electron chi connectivity index (χ3n) is 3.89. The van der Waals surface area contributed by atoms with E-state index in [0.717, 1.165) is 24.7 Å². The smallest absolute Gasteiger partial charge is 0.138 e. The number of hydrogen-bond acceptors (Lipinski definition) is 3. The Morgan fingerprint density at radius 1 is 1.15 bits per heavy atom. The minimum absolute atomic E-state index is 0.380. The van der Waals surface area contributed by atoms with Crippen LogP contribution < -0.4 is 5.32 Å². The third-order valence-corrected chi connectivity index (χ3v) is 3.89. The molecule has 4 nitrogen and oxygen atoms in total. The van der Waals surface area contributed by atoms with Crippen LogP contribution in [0.2, 0.25) is 0 Å². The van der Waals surface area contributed by atoms with Crippen LogP contribution in [-0.4, -0.2) is 27.4 Å². The van der Waals surface area contributed by atoms with Crippen LogP contribution >= 0.6 is 0 Å². The van der Waals surface area contributed by atoms with E-state index in [4.69, 9.17) is 0 Å². The van der Waals surface area contributed by atoms with Gasteiger partial charge in [0.2, 0.25) is 0 Å². The maximum absolute atomic E-state index is 4.47. The molecule has 1 aromatic heterocycles. The average Bonchev–Trinajstić information content (AvgIpc) is 2.86. The van der Waals surface area contributed by atoms with Gasteiger partial charge in [0.1, 0.15) is 12.2 Å². The Bertz CT molecular complexity index is 353. The summed E-state index contributed by atoms with van der Waals surface area (Å²) < 4.78 is 2.05. The van der Waals surface area contributed by atoms with Gasteiger partial charge < -0.3 is 5.32 Å². The first-order valence-corrected chi connectivity index (χ1v) is 8.25. The lowest BCUT2D eigenvalue weighted by Crippen LogP contribution is -2.39. The predicted octanol–water partition coefficient (Wildman–Crippen LogP) is 3.60. The first kappa shape index (κ1) is 17.2. The molecule has 1 aromatic rings. The highest BCUT2D eigenvalue weighted by atomic mass is 15.3. The van der Waals surface area contributed by atoms with E-state index >= 15 is 0 Å². The van der Waals surface area contributed by atoms with Crippen LogP contribution in [0.25, 0.3) is 0 Å². The van der Waals surface area contributed by atoms with Gasteiger partial charge in [-0.3, -0.25) is 0 Å². The summed E-state index contributed by atoms with van der Waals surface area (Å²) >= 11 is 0. The van der Waals surface area contributed by atoms with E-state index < -0.39 is 0 Å². The molecular weight excluding hydrogens is 248 g/mol. The van der Waals surface area contributed by atoms with Gasteiger partial charge in [0, 0.05) is 18.5 Å². The normalized spacial score (nSPS) is 13.3. The molecule has 0 saturated heterocycles. The maximum Gasteiger partial charge on any atom is 0.138 e. The second-order valence-electron chi connectivity index (χ2n) is 5.92. The molecule has 0 bridgehead atoms. The third kappa shape index (κ3) is 4.89. The fraction of sp³-hybridized carbons (Fsp3) is 0.875. The highest BCUT2D eigenvalue weighted by molar-refractivity contribution is 4.93. The zero-order chi connectivity index (χ0) is 15.0. The summed E-state index contributed by atoms with van der Waals surface area (Å²) in [7, 11) is 0. The molecule has 116 valence electrons. The van der Waals surface area contributed by atoms with Gasteiger partial charge >= 0.3 is 0 Å². The summed E-state index contributed by atoms with van der Waals surface area (Å²) in [5.74, 6) is 1.85. The number of nitrogens with one attached hydrogen (secondary N) is 1. The van der Waals surface area contributed by atoms with Crippen LogP contribution in [0, 0.1) is 5.92 Å². The van der Waals surface area contributed by atoms with Crippen molar-refractivity contribution in [2.75, 3.05) is 6.54 Å². The largest absolute Gasteiger partial charge is 0.314 e. The Morgan fingerprint density at radius 3 is 2.30 bits per heavy atom. The number of aromatic nitrogens is 3. The van der Waals surface area contributed by atoms with Crippen LogP contribution in [0.1, 0.15) is 72.2 Å². The van der Waals surface area contributed by atoms with E-state index in [2.05, 4.69) is 54.7 Å². The van der Waals surface area contributed by atoms with Crippen molar-refractivity contribution < 1.29 is 0 Å². The quantitative estimate of drug-likeness (QED) is 0.712. The van der Waals surface area contributed by atoms with Crippen molar-refractivity contribution in [3.8, 4) is 0 Å². The molecule has 1 rings (SSSR count). The molecule has 1 unspecified atom stereocenters. The summed E-state index contributed by atoms with van der Waals surface area (Å²) in [6.07, 6.45) is 7.76. The van der Waals surface area contributed by atoms with E-state index in [1.165, 1.54) is 25.7 Å². The maximum atomic E-state index is 4.47. The Morgan fingerprint density at radius 2 is 1.80 bits per heavy atom. The molecule has 0 saturated carbocycles. The van der Waals surface area contributed by atoms with Gasteiger partial charge in [0.25, 0.3) is 0 Å². The summed E-state index contributed by atoms with van der Waals surface area (Å²) in [6.45, 7) is 12.1. The molecule has 1 N–H and O–H groups in total. The van der Waals surface area contributed by atoms with Crippen molar-refractivity contribution in [1.82, 2.24) is 20.1 Å². The van der Waals surface area contributed by atoms with E-state index in [9.17, 15) is 0 Å². The first-order valence-electron chi connectivity index (χ1n) is 8.25. The van der Waals surface area contributed by atoms with Gasteiger partial charge in [0.05, 0.1) is 0 Å². The number of likely N-dealkylation sites (N-methyl/N-ethyl adjacent to an activating group) is 1. The SMILES string of the molecule is CCCC(CCC)C(Cc1ncnn1C(C)C)NCC. The number of rotatable bonds is 10. The van der Waals surface area contributed by atoms with Gasteiger partial charge in [0.15, 0.2) is 0 Å². The molecule has 0 radical (unpaired) electrons. The second kappa shape index (κ2) is 9.11. The fourth-order valence-electron chi connectivity index (χ4n) is 3.00. The first-order chi connectivity index (χ1) is 9.63. The van der Waals surface area contributed by atoms with Crippen molar-refractivity contribution >= 4 is 0 Å². The summed E-state index contributed by atoms with van der Waals surface area (Å²) in [6, 6.07) is 0.896. The van der Waals surface area contributed by atoms with Gasteiger partial charge in [-0.1, -0.05) is 33.6 Å². The zero-order valence-corrected chi connectivity index (χ0v) is 13.9. The standard InChI is InChI=1S/C16H32N4/c1-6-9-14(10-7-2)15(17-8-3)11-16-18-12-19-20(16)13(4)5/h12-15,17H,6-11H2,1-5H3. The monoisotopic (exact) mass is 280 g/mol. The van der Waals surface area contributed by atoms with Gasteiger partial charge in [-0.05, 0) is 39.2 Å². The minimum atomic E-state index is 0.380. The highest BCUT2D eigenvalue weighted by Gasteiger charge is 2.22. The van der Waals surface area contributed by atoms with Crippen molar-refractivity contribution in [2.24, 2.45) is 5.92 Å². The Labute approximate surface area is 124 Å². The van der Waals surface area contributed by atoms with Crippen LogP contribution in [0.5, 0.6) is 0 Å². The molecule has 0 aromatic carbocycles. The molecule has 1 atom stereocenters. The summed E-state index contributed by atoms with van der Waals surface area (Å²) in [5, 5.41) is 8.03. The molecule has 20 heavy (non-hydrogen) atoms. The van der Waals surface area contributed by atoms with Crippen molar-refractivity contribution in [3.63, 3.8) is 0 Å². The molecule has 0 amide bonds. The summed E-state index contributed by atoms with van der Waals surface area (Å²) in [5.41, 5.74) is 0. The Kier molecular flexibility index (Phi) is 7.82. The lowest BCUT2D eigenvalue weighted by Gasteiger charge is -2.27. The van der Waals surface area contributed by atoms with E-state index in [0.29, 0.717) is 12.1 Å². The molecule has 0 fully saturated rings. The van der Waals surface area contributed by atoms with E-state index in [1.807, 2.05) is 0 Å². The highest BCUT2D eigenvalue weighted by Crippen LogP contribution is 2.21. The predicted molar refractivity (Wildman–Crippen MR) is 84.9 cm³/mol. The lowest BCUT2D eigenvalue weighted by molar-refractivity contribution is 0.304. The Balaban J connectivity index is 2.81. The van der Waals surface area contributed by atoms with Gasteiger partial charge in [-0.2, -0.15) is 5.10 Å². The van der Waals surface area contributed by atoms with Gasteiger partial charge in [-0.15, -0.1) is 0 Å². The van der Waals surface area contributed by atoms with Crippen molar-refractivity contribution in [2.45, 2.75) is 78.8 Å². The lowest BCUT2D eigenvalue weighted by atomic mass is 9.88. The zero-order valence-electron chi connectivity index (χ0n) is 13.9. The molecule has 0 aliphatic heterocycles. The van der Waals surface area contributed by atoms with Crippen molar-refractivity contribution in [1.29, 1.82) is 0 Å². The van der Waals surface area contributed by atoms with Crippen LogP contribution in [0.4, 0.5) is 0 Å². The minimum Gasteiger partial charge on any atom is -0.314 e. The second-order valence-corrected chi connectivity index (χ2v) is 5.92. The number of nitrogens with zero attached hydrogens (tertiary/aromatic N) is 3. The summed E-state index contributed by atoms with van der Waals surface area (Å²) in [4.78, 5) is 4.47. The molecule has 4 heteroatoms.